The van der Waals surface area contributed by atoms with Crippen molar-refractivity contribution in [2.75, 3.05) is 19.6 Å². The second-order valence-corrected chi connectivity index (χ2v) is 5.39. The van der Waals surface area contributed by atoms with Gasteiger partial charge in [-0.2, -0.15) is 0 Å². The van der Waals surface area contributed by atoms with E-state index in [0.29, 0.717) is 22.5 Å². The molecule has 0 spiro atoms. The van der Waals surface area contributed by atoms with Crippen LogP contribution in [0.1, 0.15) is 23.2 Å². The van der Waals surface area contributed by atoms with Gasteiger partial charge in [0.1, 0.15) is 5.82 Å². The summed E-state index contributed by atoms with van der Waals surface area (Å²) in [4.78, 5) is 11.9. The molecular formula is C13H17BrClFN2O. The van der Waals surface area contributed by atoms with Crippen molar-refractivity contribution in [3.05, 3.63) is 34.1 Å². The molecule has 19 heavy (non-hydrogen) atoms. The lowest BCUT2D eigenvalue weighted by Crippen LogP contribution is -2.35. The Morgan fingerprint density at radius 1 is 1.42 bits per heavy atom. The van der Waals surface area contributed by atoms with Crippen LogP contribution in [0.5, 0.6) is 0 Å². The predicted octanol–water partition coefficient (Wildman–Crippen LogP) is 2.74. The van der Waals surface area contributed by atoms with Crippen LogP contribution < -0.4 is 10.6 Å². The Morgan fingerprint density at radius 3 is 2.74 bits per heavy atom. The maximum atomic E-state index is 13.1. The average Bonchev–Trinajstić information content (AvgIpc) is 2.40. The first-order valence-corrected chi connectivity index (χ1v) is 6.90. The van der Waals surface area contributed by atoms with Crippen molar-refractivity contribution < 1.29 is 9.18 Å². The lowest BCUT2D eigenvalue weighted by atomic mass is 9.98. The summed E-state index contributed by atoms with van der Waals surface area (Å²) in [5, 5.41) is 6.19. The van der Waals surface area contributed by atoms with Crippen LogP contribution >= 0.6 is 28.3 Å². The highest BCUT2D eigenvalue weighted by molar-refractivity contribution is 9.10. The summed E-state index contributed by atoms with van der Waals surface area (Å²) in [6.45, 7) is 2.72. The molecular weight excluding hydrogens is 335 g/mol. The first-order valence-electron chi connectivity index (χ1n) is 6.11. The number of hydrogen-bond donors (Lipinski definition) is 2. The van der Waals surface area contributed by atoms with Crippen LogP contribution in [0.25, 0.3) is 0 Å². The summed E-state index contributed by atoms with van der Waals surface area (Å²) < 4.78 is 13.4. The minimum atomic E-state index is -0.357. The summed E-state index contributed by atoms with van der Waals surface area (Å²) in [5.41, 5.74) is 0.484. The molecule has 0 aromatic heterocycles. The number of benzene rings is 1. The summed E-state index contributed by atoms with van der Waals surface area (Å²) in [6.07, 6.45) is 2.18. The van der Waals surface area contributed by atoms with Gasteiger partial charge in [0.2, 0.25) is 0 Å². The Balaban J connectivity index is 0.00000180. The number of rotatable bonds is 3. The molecule has 1 saturated heterocycles. The maximum absolute atomic E-state index is 13.1. The summed E-state index contributed by atoms with van der Waals surface area (Å²) >= 11 is 3.08. The van der Waals surface area contributed by atoms with Crippen LogP contribution in [0.2, 0.25) is 0 Å². The van der Waals surface area contributed by atoms with Crippen LogP contribution in [0.3, 0.4) is 0 Å². The predicted molar refractivity (Wildman–Crippen MR) is 79.3 cm³/mol. The first-order chi connectivity index (χ1) is 8.66. The van der Waals surface area contributed by atoms with E-state index in [1.165, 1.54) is 18.2 Å². The number of hydrogen-bond acceptors (Lipinski definition) is 2. The number of amides is 1. The van der Waals surface area contributed by atoms with Crippen molar-refractivity contribution >= 4 is 34.2 Å². The molecule has 0 unspecified atom stereocenters. The number of nitrogens with one attached hydrogen (secondary N) is 2. The Hall–Kier alpha value is -0.650. The zero-order chi connectivity index (χ0) is 13.0. The van der Waals surface area contributed by atoms with E-state index in [1.54, 1.807) is 0 Å². The highest BCUT2D eigenvalue weighted by atomic mass is 79.9. The molecule has 3 nitrogen and oxygen atoms in total. The smallest absolute Gasteiger partial charge is 0.251 e. The van der Waals surface area contributed by atoms with E-state index in [-0.39, 0.29) is 24.1 Å². The maximum Gasteiger partial charge on any atom is 0.251 e. The van der Waals surface area contributed by atoms with Gasteiger partial charge in [-0.1, -0.05) is 0 Å². The molecule has 1 aliphatic rings. The molecule has 0 radical (unpaired) electrons. The van der Waals surface area contributed by atoms with E-state index < -0.39 is 0 Å². The Morgan fingerprint density at radius 2 is 2.11 bits per heavy atom. The minimum Gasteiger partial charge on any atom is -0.352 e. The number of halogens is 3. The van der Waals surface area contributed by atoms with Crippen molar-refractivity contribution in [2.45, 2.75) is 12.8 Å². The molecule has 1 aromatic carbocycles. The van der Waals surface area contributed by atoms with Gasteiger partial charge in [-0.05, 0) is 66.0 Å². The highest BCUT2D eigenvalue weighted by Gasteiger charge is 2.15. The molecule has 0 atom stereocenters. The SMILES string of the molecule is Cl.O=C(NCC1CCNCC1)c1ccc(F)c(Br)c1. The normalized spacial score (nSPS) is 15.7. The van der Waals surface area contributed by atoms with Gasteiger partial charge in [0.15, 0.2) is 0 Å². The van der Waals surface area contributed by atoms with Gasteiger partial charge in [0, 0.05) is 12.1 Å². The summed E-state index contributed by atoms with van der Waals surface area (Å²) in [6, 6.07) is 4.30. The molecule has 0 aliphatic carbocycles. The van der Waals surface area contributed by atoms with Gasteiger partial charge in [0.05, 0.1) is 4.47 Å². The third-order valence-corrected chi connectivity index (χ3v) is 3.80. The van der Waals surface area contributed by atoms with E-state index in [4.69, 9.17) is 0 Å². The van der Waals surface area contributed by atoms with Crippen LogP contribution in [-0.4, -0.2) is 25.5 Å². The fourth-order valence-electron chi connectivity index (χ4n) is 2.06. The zero-order valence-corrected chi connectivity index (χ0v) is 12.8. The van der Waals surface area contributed by atoms with Gasteiger partial charge >= 0.3 is 0 Å². The van der Waals surface area contributed by atoms with E-state index >= 15 is 0 Å². The number of carbonyl (C=O) groups is 1. The van der Waals surface area contributed by atoms with Gasteiger partial charge < -0.3 is 10.6 Å². The van der Waals surface area contributed by atoms with Crippen molar-refractivity contribution in [1.29, 1.82) is 0 Å². The largest absolute Gasteiger partial charge is 0.352 e. The molecule has 1 aromatic rings. The fraction of sp³-hybridized carbons (Fsp3) is 0.462. The molecule has 1 fully saturated rings. The second kappa shape index (κ2) is 7.82. The molecule has 1 heterocycles. The molecule has 2 N–H and O–H groups in total. The van der Waals surface area contributed by atoms with Gasteiger partial charge in [-0.25, -0.2) is 4.39 Å². The molecule has 0 saturated carbocycles. The number of carbonyl (C=O) groups excluding carboxylic acids is 1. The monoisotopic (exact) mass is 350 g/mol. The molecule has 106 valence electrons. The lowest BCUT2D eigenvalue weighted by Gasteiger charge is -2.22. The van der Waals surface area contributed by atoms with Crippen molar-refractivity contribution in [2.24, 2.45) is 5.92 Å². The first kappa shape index (κ1) is 16.4. The van der Waals surface area contributed by atoms with Gasteiger partial charge in [-0.15, -0.1) is 12.4 Å². The highest BCUT2D eigenvalue weighted by Crippen LogP contribution is 2.17. The van der Waals surface area contributed by atoms with E-state index in [9.17, 15) is 9.18 Å². The quantitative estimate of drug-likeness (QED) is 0.879. The molecule has 1 amide bonds. The van der Waals surface area contributed by atoms with Crippen LogP contribution in [0.4, 0.5) is 4.39 Å². The van der Waals surface area contributed by atoms with E-state index in [2.05, 4.69) is 26.6 Å². The van der Waals surface area contributed by atoms with Crippen LogP contribution in [-0.2, 0) is 0 Å². The molecule has 0 bridgehead atoms. The Bertz CT molecular complexity index is 439. The van der Waals surface area contributed by atoms with Crippen molar-refractivity contribution in [1.82, 2.24) is 10.6 Å². The van der Waals surface area contributed by atoms with E-state index in [0.717, 1.165) is 25.9 Å². The third kappa shape index (κ3) is 4.75. The van der Waals surface area contributed by atoms with Gasteiger partial charge in [0.25, 0.3) is 5.91 Å². The fourth-order valence-corrected chi connectivity index (χ4v) is 2.44. The topological polar surface area (TPSA) is 41.1 Å². The molecule has 1 aliphatic heterocycles. The average molecular weight is 352 g/mol. The van der Waals surface area contributed by atoms with Crippen LogP contribution in [0.15, 0.2) is 22.7 Å². The third-order valence-electron chi connectivity index (χ3n) is 3.19. The Labute approximate surface area is 126 Å². The van der Waals surface area contributed by atoms with Crippen molar-refractivity contribution in [3.63, 3.8) is 0 Å². The summed E-state index contributed by atoms with van der Waals surface area (Å²) in [7, 11) is 0. The lowest BCUT2D eigenvalue weighted by molar-refractivity contribution is 0.0944. The van der Waals surface area contributed by atoms with Crippen molar-refractivity contribution in [3.8, 4) is 0 Å². The standard InChI is InChI=1S/C13H16BrFN2O.ClH/c14-11-7-10(1-2-12(11)15)13(18)17-8-9-3-5-16-6-4-9;/h1-2,7,9,16H,3-6,8H2,(H,17,18);1H. The minimum absolute atomic E-state index is 0. The van der Waals surface area contributed by atoms with E-state index in [1.807, 2.05) is 0 Å². The van der Waals surface area contributed by atoms with Crippen LogP contribution in [0, 0.1) is 11.7 Å². The molecule has 6 heteroatoms. The second-order valence-electron chi connectivity index (χ2n) is 4.53. The molecule has 2 rings (SSSR count). The zero-order valence-electron chi connectivity index (χ0n) is 10.4. The van der Waals surface area contributed by atoms with Gasteiger partial charge in [-0.3, -0.25) is 4.79 Å². The Kier molecular flexibility index (Phi) is 6.75. The number of piperidine rings is 1. The summed E-state index contributed by atoms with van der Waals surface area (Å²) in [5.74, 6) is 0.0400.